The first-order valence-electron chi connectivity index (χ1n) is 6.69. The van der Waals surface area contributed by atoms with Crippen molar-refractivity contribution in [3.8, 4) is 0 Å². The highest BCUT2D eigenvalue weighted by Gasteiger charge is 2.20. The van der Waals surface area contributed by atoms with Crippen molar-refractivity contribution in [1.29, 1.82) is 0 Å². The molecule has 5 heteroatoms. The summed E-state index contributed by atoms with van der Waals surface area (Å²) in [5.74, 6) is 0.183. The molecule has 0 aliphatic heterocycles. The molecule has 0 spiro atoms. The van der Waals surface area contributed by atoms with Crippen LogP contribution in [0.5, 0.6) is 0 Å². The average molecular weight is 284 g/mol. The van der Waals surface area contributed by atoms with Crippen LogP contribution in [0.2, 0.25) is 0 Å². The predicted molar refractivity (Wildman–Crippen MR) is 79.3 cm³/mol. The monoisotopic (exact) mass is 284 g/mol. The molecule has 19 heavy (non-hydrogen) atoms. The second-order valence-corrected chi connectivity index (χ2v) is 5.57. The fraction of sp³-hybridized carbons (Fsp3) is 0.643. The van der Waals surface area contributed by atoms with E-state index in [1.54, 1.807) is 18.4 Å². The molecule has 1 rings (SSSR count). The van der Waals surface area contributed by atoms with Crippen LogP contribution in [0.25, 0.3) is 0 Å². The van der Waals surface area contributed by atoms with E-state index in [0.29, 0.717) is 19.7 Å². The van der Waals surface area contributed by atoms with Gasteiger partial charge in [-0.3, -0.25) is 4.79 Å². The number of carbonyl (C=O) groups excluding carboxylic acids is 1. The minimum absolute atomic E-state index is 0.00299. The first-order chi connectivity index (χ1) is 9.19. The first kappa shape index (κ1) is 16.1. The standard InChI is InChI=1S/C14H24N2O2S/c1-4-15-10-12(2)14(17)16(7-8-18-3)11-13-6-5-9-19-13/h5-6,9,12,15H,4,7-8,10-11H2,1-3H3. The van der Waals surface area contributed by atoms with Gasteiger partial charge in [0.2, 0.25) is 5.91 Å². The number of rotatable bonds is 9. The van der Waals surface area contributed by atoms with Crippen molar-refractivity contribution < 1.29 is 9.53 Å². The molecule has 0 aliphatic rings. The second kappa shape index (κ2) is 9.07. The number of nitrogens with zero attached hydrogens (tertiary/aromatic N) is 1. The molecule has 0 fully saturated rings. The van der Waals surface area contributed by atoms with Gasteiger partial charge >= 0.3 is 0 Å². The summed E-state index contributed by atoms with van der Waals surface area (Å²) < 4.78 is 5.10. The van der Waals surface area contributed by atoms with Crippen molar-refractivity contribution in [2.45, 2.75) is 20.4 Å². The quantitative estimate of drug-likeness (QED) is 0.754. The average Bonchev–Trinajstić information content (AvgIpc) is 2.92. The number of thiophene rings is 1. The molecule has 0 aliphatic carbocycles. The van der Waals surface area contributed by atoms with Gasteiger partial charge in [-0.15, -0.1) is 11.3 Å². The van der Waals surface area contributed by atoms with Crippen LogP contribution < -0.4 is 5.32 Å². The molecule has 0 saturated heterocycles. The van der Waals surface area contributed by atoms with Crippen molar-refractivity contribution in [2.75, 3.05) is 33.4 Å². The molecule has 1 aromatic heterocycles. The van der Waals surface area contributed by atoms with Gasteiger partial charge in [0, 0.05) is 31.0 Å². The van der Waals surface area contributed by atoms with E-state index in [-0.39, 0.29) is 11.8 Å². The number of carbonyl (C=O) groups is 1. The maximum Gasteiger partial charge on any atom is 0.227 e. The van der Waals surface area contributed by atoms with Gasteiger partial charge in [-0.1, -0.05) is 19.9 Å². The second-order valence-electron chi connectivity index (χ2n) is 4.54. The summed E-state index contributed by atoms with van der Waals surface area (Å²) in [7, 11) is 1.66. The molecule has 1 heterocycles. The third kappa shape index (κ3) is 5.72. The normalized spacial score (nSPS) is 12.4. The molecule has 0 aromatic carbocycles. The van der Waals surface area contributed by atoms with Crippen LogP contribution in [0.1, 0.15) is 18.7 Å². The number of hydrogen-bond acceptors (Lipinski definition) is 4. The van der Waals surface area contributed by atoms with Crippen LogP contribution in [0.4, 0.5) is 0 Å². The zero-order chi connectivity index (χ0) is 14.1. The zero-order valence-corrected chi connectivity index (χ0v) is 12.8. The lowest BCUT2D eigenvalue weighted by atomic mass is 10.1. The molecule has 1 amide bonds. The maximum atomic E-state index is 12.4. The van der Waals surface area contributed by atoms with Gasteiger partial charge in [0.05, 0.1) is 13.2 Å². The van der Waals surface area contributed by atoms with Gasteiger partial charge in [0.15, 0.2) is 0 Å². The molecular weight excluding hydrogens is 260 g/mol. The Labute approximate surface area is 119 Å². The number of ether oxygens (including phenoxy) is 1. The lowest BCUT2D eigenvalue weighted by molar-refractivity contribution is -0.136. The van der Waals surface area contributed by atoms with E-state index in [2.05, 4.69) is 11.4 Å². The Morgan fingerprint density at radius 3 is 2.95 bits per heavy atom. The van der Waals surface area contributed by atoms with Crippen molar-refractivity contribution in [3.63, 3.8) is 0 Å². The molecule has 1 unspecified atom stereocenters. The van der Waals surface area contributed by atoms with Gasteiger partial charge in [-0.2, -0.15) is 0 Å². The summed E-state index contributed by atoms with van der Waals surface area (Å²) in [4.78, 5) is 15.5. The summed E-state index contributed by atoms with van der Waals surface area (Å²) in [5.41, 5.74) is 0. The maximum absolute atomic E-state index is 12.4. The highest BCUT2D eigenvalue weighted by molar-refractivity contribution is 7.09. The molecule has 1 aromatic rings. The SMILES string of the molecule is CCNCC(C)C(=O)N(CCOC)Cc1cccs1. The van der Waals surface area contributed by atoms with E-state index in [1.165, 1.54) is 4.88 Å². The third-order valence-electron chi connectivity index (χ3n) is 2.93. The van der Waals surface area contributed by atoms with Crippen LogP contribution >= 0.6 is 11.3 Å². The Bertz CT molecular complexity index is 354. The first-order valence-corrected chi connectivity index (χ1v) is 7.57. The molecular formula is C14H24N2O2S. The minimum atomic E-state index is -0.00299. The molecule has 4 nitrogen and oxygen atoms in total. The number of methoxy groups -OCH3 is 1. The highest BCUT2D eigenvalue weighted by atomic mass is 32.1. The van der Waals surface area contributed by atoms with Crippen molar-refractivity contribution in [3.05, 3.63) is 22.4 Å². The Kier molecular flexibility index (Phi) is 7.70. The predicted octanol–water partition coefficient (Wildman–Crippen LogP) is 1.97. The van der Waals surface area contributed by atoms with Crippen LogP contribution in [-0.2, 0) is 16.1 Å². The highest BCUT2D eigenvalue weighted by Crippen LogP contribution is 2.13. The van der Waals surface area contributed by atoms with Gasteiger partial charge in [-0.25, -0.2) is 0 Å². The summed E-state index contributed by atoms with van der Waals surface area (Å²) >= 11 is 1.68. The topological polar surface area (TPSA) is 41.6 Å². The Morgan fingerprint density at radius 1 is 1.58 bits per heavy atom. The summed E-state index contributed by atoms with van der Waals surface area (Å²) in [5, 5.41) is 5.26. The van der Waals surface area contributed by atoms with Crippen molar-refractivity contribution in [2.24, 2.45) is 5.92 Å². The van der Waals surface area contributed by atoms with Crippen LogP contribution in [0.15, 0.2) is 17.5 Å². The number of amides is 1. The fourth-order valence-corrected chi connectivity index (χ4v) is 2.54. The van der Waals surface area contributed by atoms with Crippen LogP contribution in [0.3, 0.4) is 0 Å². The van der Waals surface area contributed by atoms with E-state index in [9.17, 15) is 4.79 Å². The fourth-order valence-electron chi connectivity index (χ4n) is 1.82. The lowest BCUT2D eigenvalue weighted by Gasteiger charge is -2.25. The molecule has 0 bridgehead atoms. The van der Waals surface area contributed by atoms with E-state index in [0.717, 1.165) is 13.1 Å². The molecule has 0 saturated carbocycles. The summed E-state index contributed by atoms with van der Waals surface area (Å²) in [6.07, 6.45) is 0. The van der Waals surface area contributed by atoms with Gasteiger partial charge in [-0.05, 0) is 18.0 Å². The number of nitrogens with one attached hydrogen (secondary N) is 1. The Hall–Kier alpha value is -0.910. The Morgan fingerprint density at radius 2 is 2.37 bits per heavy atom. The van der Waals surface area contributed by atoms with Crippen LogP contribution in [-0.4, -0.2) is 44.2 Å². The minimum Gasteiger partial charge on any atom is -0.383 e. The van der Waals surface area contributed by atoms with E-state index in [4.69, 9.17) is 4.74 Å². The third-order valence-corrected chi connectivity index (χ3v) is 3.79. The van der Waals surface area contributed by atoms with Crippen LogP contribution in [0, 0.1) is 5.92 Å². The van der Waals surface area contributed by atoms with E-state index < -0.39 is 0 Å². The number of hydrogen-bond donors (Lipinski definition) is 1. The molecule has 0 radical (unpaired) electrons. The zero-order valence-electron chi connectivity index (χ0n) is 12.0. The van der Waals surface area contributed by atoms with E-state index in [1.807, 2.05) is 30.2 Å². The van der Waals surface area contributed by atoms with Crippen molar-refractivity contribution >= 4 is 17.2 Å². The molecule has 1 N–H and O–H groups in total. The Balaban J connectivity index is 2.58. The molecule has 108 valence electrons. The smallest absolute Gasteiger partial charge is 0.227 e. The summed E-state index contributed by atoms with van der Waals surface area (Å²) in [6, 6.07) is 4.08. The lowest BCUT2D eigenvalue weighted by Crippen LogP contribution is -2.40. The van der Waals surface area contributed by atoms with Crippen molar-refractivity contribution in [1.82, 2.24) is 10.2 Å². The van der Waals surface area contributed by atoms with E-state index >= 15 is 0 Å². The largest absolute Gasteiger partial charge is 0.383 e. The molecule has 1 atom stereocenters. The van der Waals surface area contributed by atoms with Gasteiger partial charge < -0.3 is 15.0 Å². The summed E-state index contributed by atoms with van der Waals surface area (Å²) in [6.45, 7) is 7.53. The van der Waals surface area contributed by atoms with Gasteiger partial charge in [0.25, 0.3) is 0 Å². The van der Waals surface area contributed by atoms with Gasteiger partial charge in [0.1, 0.15) is 0 Å².